The van der Waals surface area contributed by atoms with Gasteiger partial charge in [0.25, 0.3) is 11.8 Å². The standard InChI is InChI=1S/C23H30N4O4/c1-15-6-11-19(16(2)12-15)24-14-20(28)26-27-21(29)18-9-7-17(8-10-18)13-25-22(30)31-23(3,4)5/h6-12,24H,13-14H2,1-5H3,(H,25,30)(H,26,28)(H,27,29). The van der Waals surface area contributed by atoms with Crippen LogP contribution in [0.3, 0.4) is 0 Å². The van der Waals surface area contributed by atoms with E-state index < -0.39 is 17.6 Å². The van der Waals surface area contributed by atoms with E-state index in [-0.39, 0.29) is 19.0 Å². The fourth-order valence-corrected chi connectivity index (χ4v) is 2.69. The molecular formula is C23H30N4O4. The molecule has 2 aromatic carbocycles. The third-order valence-corrected chi connectivity index (χ3v) is 4.19. The molecule has 0 aromatic heterocycles. The van der Waals surface area contributed by atoms with Crippen molar-refractivity contribution in [1.82, 2.24) is 16.2 Å². The molecule has 0 aliphatic carbocycles. The Kier molecular flexibility index (Phi) is 8.01. The van der Waals surface area contributed by atoms with Gasteiger partial charge in [0, 0.05) is 17.8 Å². The van der Waals surface area contributed by atoms with Gasteiger partial charge < -0.3 is 15.4 Å². The molecule has 0 aliphatic heterocycles. The number of hydrogen-bond donors (Lipinski definition) is 4. The number of anilines is 1. The van der Waals surface area contributed by atoms with Crippen LogP contribution in [0.1, 0.15) is 47.8 Å². The Hall–Kier alpha value is -3.55. The molecule has 0 spiro atoms. The molecule has 0 saturated heterocycles. The van der Waals surface area contributed by atoms with Crippen LogP contribution >= 0.6 is 0 Å². The quantitative estimate of drug-likeness (QED) is 0.531. The number of ether oxygens (including phenoxy) is 1. The third-order valence-electron chi connectivity index (χ3n) is 4.19. The molecule has 3 amide bonds. The number of alkyl carbamates (subject to hydrolysis) is 1. The van der Waals surface area contributed by atoms with Crippen LogP contribution < -0.4 is 21.5 Å². The Morgan fingerprint density at radius 1 is 0.935 bits per heavy atom. The van der Waals surface area contributed by atoms with Crippen LogP contribution in [-0.4, -0.2) is 30.1 Å². The highest BCUT2D eigenvalue weighted by molar-refractivity contribution is 5.95. The lowest BCUT2D eigenvalue weighted by Crippen LogP contribution is -2.44. The summed E-state index contributed by atoms with van der Waals surface area (Å²) in [7, 11) is 0. The molecular weight excluding hydrogens is 396 g/mol. The summed E-state index contributed by atoms with van der Waals surface area (Å²) in [6, 6.07) is 12.6. The minimum atomic E-state index is -0.565. The number of carbonyl (C=O) groups is 3. The molecule has 0 fully saturated rings. The molecule has 166 valence electrons. The zero-order valence-electron chi connectivity index (χ0n) is 18.6. The second kappa shape index (κ2) is 10.5. The summed E-state index contributed by atoms with van der Waals surface area (Å²) in [5.74, 6) is -0.807. The molecule has 2 rings (SSSR count). The van der Waals surface area contributed by atoms with Crippen LogP contribution in [0.2, 0.25) is 0 Å². The number of carbonyl (C=O) groups excluding carboxylic acids is 3. The SMILES string of the molecule is Cc1ccc(NCC(=O)NNC(=O)c2ccc(CNC(=O)OC(C)(C)C)cc2)c(C)c1. The first kappa shape index (κ1) is 23.7. The molecule has 0 bridgehead atoms. The average molecular weight is 427 g/mol. The molecule has 8 heteroatoms. The highest BCUT2D eigenvalue weighted by Gasteiger charge is 2.15. The van der Waals surface area contributed by atoms with E-state index in [4.69, 9.17) is 4.74 Å². The molecule has 0 saturated carbocycles. The van der Waals surface area contributed by atoms with Crippen molar-refractivity contribution in [2.24, 2.45) is 0 Å². The summed E-state index contributed by atoms with van der Waals surface area (Å²) in [6.45, 7) is 9.64. The summed E-state index contributed by atoms with van der Waals surface area (Å²) in [5.41, 5.74) is 8.44. The van der Waals surface area contributed by atoms with Crippen molar-refractivity contribution in [3.05, 3.63) is 64.7 Å². The number of amides is 3. The van der Waals surface area contributed by atoms with Gasteiger partial charge in [-0.2, -0.15) is 0 Å². The van der Waals surface area contributed by atoms with Crippen molar-refractivity contribution in [3.8, 4) is 0 Å². The lowest BCUT2D eigenvalue weighted by atomic mass is 10.1. The maximum atomic E-state index is 12.2. The maximum absolute atomic E-state index is 12.2. The van der Waals surface area contributed by atoms with Gasteiger partial charge >= 0.3 is 6.09 Å². The lowest BCUT2D eigenvalue weighted by Gasteiger charge is -2.19. The van der Waals surface area contributed by atoms with E-state index in [2.05, 4.69) is 21.5 Å². The van der Waals surface area contributed by atoms with Crippen LogP contribution in [0.15, 0.2) is 42.5 Å². The van der Waals surface area contributed by atoms with Crippen LogP contribution in [0, 0.1) is 13.8 Å². The van der Waals surface area contributed by atoms with Crippen molar-refractivity contribution in [2.45, 2.75) is 46.8 Å². The Labute approximate surface area is 182 Å². The largest absolute Gasteiger partial charge is 0.444 e. The van der Waals surface area contributed by atoms with Crippen molar-refractivity contribution < 1.29 is 19.1 Å². The number of hydrogen-bond acceptors (Lipinski definition) is 5. The van der Waals surface area contributed by atoms with E-state index in [9.17, 15) is 14.4 Å². The monoisotopic (exact) mass is 426 g/mol. The second-order valence-electron chi connectivity index (χ2n) is 8.23. The van der Waals surface area contributed by atoms with Gasteiger partial charge in [-0.1, -0.05) is 29.8 Å². The van der Waals surface area contributed by atoms with E-state index in [0.29, 0.717) is 5.56 Å². The number of nitrogens with one attached hydrogen (secondary N) is 4. The molecule has 2 aromatic rings. The molecule has 0 heterocycles. The lowest BCUT2D eigenvalue weighted by molar-refractivity contribution is -0.120. The van der Waals surface area contributed by atoms with E-state index in [1.165, 1.54) is 0 Å². The number of hydrazine groups is 1. The maximum Gasteiger partial charge on any atom is 0.407 e. The Bertz CT molecular complexity index is 934. The Morgan fingerprint density at radius 2 is 1.61 bits per heavy atom. The molecule has 4 N–H and O–H groups in total. The molecule has 0 radical (unpaired) electrons. The number of benzene rings is 2. The summed E-state index contributed by atoms with van der Waals surface area (Å²) < 4.78 is 5.18. The molecule has 0 atom stereocenters. The minimum Gasteiger partial charge on any atom is -0.444 e. The number of rotatable bonds is 6. The average Bonchev–Trinajstić information content (AvgIpc) is 2.69. The highest BCUT2D eigenvalue weighted by Crippen LogP contribution is 2.15. The van der Waals surface area contributed by atoms with Crippen molar-refractivity contribution in [1.29, 1.82) is 0 Å². The van der Waals surface area contributed by atoms with Crippen LogP contribution in [-0.2, 0) is 16.1 Å². The van der Waals surface area contributed by atoms with Crippen LogP contribution in [0.4, 0.5) is 10.5 Å². The normalized spacial score (nSPS) is 10.7. The first-order valence-corrected chi connectivity index (χ1v) is 9.99. The molecule has 0 aliphatic rings. The summed E-state index contributed by atoms with van der Waals surface area (Å²) in [4.78, 5) is 35.9. The predicted octanol–water partition coefficient (Wildman–Crippen LogP) is 3.20. The topological polar surface area (TPSA) is 109 Å². The van der Waals surface area contributed by atoms with Gasteiger partial charge in [-0.3, -0.25) is 20.4 Å². The van der Waals surface area contributed by atoms with E-state index in [0.717, 1.165) is 22.4 Å². The summed E-state index contributed by atoms with van der Waals surface area (Å²) >= 11 is 0. The van der Waals surface area contributed by atoms with Crippen LogP contribution in [0.5, 0.6) is 0 Å². The zero-order chi connectivity index (χ0) is 23.0. The minimum absolute atomic E-state index is 0.0272. The summed E-state index contributed by atoms with van der Waals surface area (Å²) in [6.07, 6.45) is -0.508. The zero-order valence-corrected chi connectivity index (χ0v) is 18.6. The van der Waals surface area contributed by atoms with Gasteiger partial charge in [0.15, 0.2) is 0 Å². The first-order valence-electron chi connectivity index (χ1n) is 9.99. The smallest absolute Gasteiger partial charge is 0.407 e. The Balaban J connectivity index is 1.76. The van der Waals surface area contributed by atoms with Crippen LogP contribution in [0.25, 0.3) is 0 Å². The molecule has 8 nitrogen and oxygen atoms in total. The third kappa shape index (κ3) is 8.38. The van der Waals surface area contributed by atoms with Crippen molar-refractivity contribution in [2.75, 3.05) is 11.9 Å². The molecule has 31 heavy (non-hydrogen) atoms. The van der Waals surface area contributed by atoms with Gasteiger partial charge in [0.05, 0.1) is 6.54 Å². The fraction of sp³-hybridized carbons (Fsp3) is 0.348. The fourth-order valence-electron chi connectivity index (χ4n) is 2.69. The van der Waals surface area contributed by atoms with Crippen molar-refractivity contribution >= 4 is 23.6 Å². The number of aryl methyl sites for hydroxylation is 2. The van der Waals surface area contributed by atoms with Gasteiger partial charge in [-0.15, -0.1) is 0 Å². The molecule has 0 unspecified atom stereocenters. The van der Waals surface area contributed by atoms with E-state index in [1.54, 1.807) is 45.0 Å². The van der Waals surface area contributed by atoms with Gasteiger partial charge in [-0.25, -0.2) is 4.79 Å². The van der Waals surface area contributed by atoms with E-state index >= 15 is 0 Å². The van der Waals surface area contributed by atoms with Gasteiger partial charge in [-0.05, 0) is 63.9 Å². The van der Waals surface area contributed by atoms with Gasteiger partial charge in [0.2, 0.25) is 0 Å². The first-order chi connectivity index (χ1) is 14.5. The second-order valence-corrected chi connectivity index (χ2v) is 8.23. The predicted molar refractivity (Wildman–Crippen MR) is 120 cm³/mol. The van der Waals surface area contributed by atoms with Crippen molar-refractivity contribution in [3.63, 3.8) is 0 Å². The Morgan fingerprint density at radius 3 is 2.23 bits per heavy atom. The van der Waals surface area contributed by atoms with E-state index in [1.807, 2.05) is 32.0 Å². The van der Waals surface area contributed by atoms with Gasteiger partial charge in [0.1, 0.15) is 5.60 Å². The summed E-state index contributed by atoms with van der Waals surface area (Å²) in [5, 5.41) is 5.69. The highest BCUT2D eigenvalue weighted by atomic mass is 16.6.